The molecule has 0 saturated carbocycles. The molecule has 0 rings (SSSR count). The second-order valence-electron chi connectivity index (χ2n) is 1.65. The van der Waals surface area contributed by atoms with Crippen LogP contribution in [0.3, 0.4) is 0 Å². The lowest BCUT2D eigenvalue weighted by Gasteiger charge is -1.88. The SMILES string of the molecule is C/C=C\C(Cl)=C/CNC. The van der Waals surface area contributed by atoms with E-state index in [1.54, 1.807) is 0 Å². The highest BCUT2D eigenvalue weighted by atomic mass is 35.5. The van der Waals surface area contributed by atoms with E-state index in [4.69, 9.17) is 11.6 Å². The minimum atomic E-state index is 0.784. The molecule has 0 saturated heterocycles. The van der Waals surface area contributed by atoms with Gasteiger partial charge in [-0.2, -0.15) is 0 Å². The van der Waals surface area contributed by atoms with E-state index in [9.17, 15) is 0 Å². The largest absolute Gasteiger partial charge is 0.316 e. The molecule has 0 aliphatic rings. The van der Waals surface area contributed by atoms with Crippen LogP contribution in [0, 0.1) is 0 Å². The van der Waals surface area contributed by atoms with Crippen molar-refractivity contribution in [3.8, 4) is 0 Å². The van der Waals surface area contributed by atoms with Crippen molar-refractivity contribution in [3.63, 3.8) is 0 Å². The summed E-state index contributed by atoms with van der Waals surface area (Å²) in [6.45, 7) is 2.76. The Morgan fingerprint density at radius 2 is 2.33 bits per heavy atom. The Morgan fingerprint density at radius 1 is 1.67 bits per heavy atom. The number of hydrogen-bond donors (Lipinski definition) is 1. The van der Waals surface area contributed by atoms with Crippen LogP contribution in [0.15, 0.2) is 23.3 Å². The first kappa shape index (κ1) is 8.73. The first-order chi connectivity index (χ1) is 4.31. The Kier molecular flexibility index (Phi) is 5.68. The molecule has 1 N–H and O–H groups in total. The van der Waals surface area contributed by atoms with Gasteiger partial charge in [-0.1, -0.05) is 23.8 Å². The molecule has 0 aromatic rings. The minimum absolute atomic E-state index is 0.784. The summed E-state index contributed by atoms with van der Waals surface area (Å²) >= 11 is 5.69. The Bertz CT molecular complexity index is 116. The van der Waals surface area contributed by atoms with Gasteiger partial charge in [-0.3, -0.25) is 0 Å². The van der Waals surface area contributed by atoms with Crippen LogP contribution in [0.25, 0.3) is 0 Å². The van der Waals surface area contributed by atoms with E-state index < -0.39 is 0 Å². The Hall–Kier alpha value is -0.270. The summed E-state index contributed by atoms with van der Waals surface area (Å²) in [5.41, 5.74) is 0. The van der Waals surface area contributed by atoms with Gasteiger partial charge in [0.05, 0.1) is 0 Å². The van der Waals surface area contributed by atoms with Gasteiger partial charge in [0.1, 0.15) is 0 Å². The van der Waals surface area contributed by atoms with Crippen LogP contribution in [0.4, 0.5) is 0 Å². The maximum Gasteiger partial charge on any atom is 0.0375 e. The molecule has 0 aliphatic carbocycles. The van der Waals surface area contributed by atoms with E-state index in [0.717, 1.165) is 11.6 Å². The molecule has 0 unspecified atom stereocenters. The lowest BCUT2D eigenvalue weighted by molar-refractivity contribution is 0.918. The average Bonchev–Trinajstić information content (AvgIpc) is 1.85. The molecule has 0 heterocycles. The Balaban J connectivity index is 3.55. The summed E-state index contributed by atoms with van der Waals surface area (Å²) in [5, 5.41) is 3.75. The molecular weight excluding hydrogens is 134 g/mol. The lowest BCUT2D eigenvalue weighted by atomic mass is 10.4. The summed E-state index contributed by atoms with van der Waals surface area (Å²) in [6, 6.07) is 0. The third-order valence-corrected chi connectivity index (χ3v) is 1.11. The van der Waals surface area contributed by atoms with E-state index in [1.165, 1.54) is 0 Å². The normalized spacial score (nSPS) is 13.0. The van der Waals surface area contributed by atoms with Crippen LogP contribution >= 0.6 is 11.6 Å². The van der Waals surface area contributed by atoms with Gasteiger partial charge in [0.25, 0.3) is 0 Å². The van der Waals surface area contributed by atoms with E-state index in [-0.39, 0.29) is 0 Å². The second-order valence-corrected chi connectivity index (χ2v) is 2.08. The highest BCUT2D eigenvalue weighted by Gasteiger charge is 1.79. The first-order valence-corrected chi connectivity index (χ1v) is 3.32. The summed E-state index contributed by atoms with van der Waals surface area (Å²) in [4.78, 5) is 0. The van der Waals surface area contributed by atoms with Gasteiger partial charge < -0.3 is 5.32 Å². The van der Waals surface area contributed by atoms with Gasteiger partial charge in [-0.15, -0.1) is 0 Å². The van der Waals surface area contributed by atoms with Gasteiger partial charge in [0.15, 0.2) is 0 Å². The lowest BCUT2D eigenvalue weighted by Crippen LogP contribution is -2.04. The molecule has 9 heavy (non-hydrogen) atoms. The molecule has 0 spiro atoms. The van der Waals surface area contributed by atoms with E-state index in [1.807, 2.05) is 32.2 Å². The number of rotatable bonds is 3. The molecule has 0 amide bonds. The fraction of sp³-hybridized carbons (Fsp3) is 0.429. The van der Waals surface area contributed by atoms with Crippen LogP contribution < -0.4 is 5.32 Å². The van der Waals surface area contributed by atoms with Crippen molar-refractivity contribution in [2.75, 3.05) is 13.6 Å². The summed E-state index contributed by atoms with van der Waals surface area (Å²) in [7, 11) is 1.89. The maximum atomic E-state index is 5.69. The third kappa shape index (κ3) is 5.60. The summed E-state index contributed by atoms with van der Waals surface area (Å²) in [6.07, 6.45) is 5.69. The monoisotopic (exact) mass is 145 g/mol. The molecule has 0 fully saturated rings. The quantitative estimate of drug-likeness (QED) is 0.599. The third-order valence-electron chi connectivity index (χ3n) is 0.827. The molecule has 0 aromatic heterocycles. The summed E-state index contributed by atoms with van der Waals surface area (Å²) < 4.78 is 0. The zero-order valence-electron chi connectivity index (χ0n) is 5.82. The van der Waals surface area contributed by atoms with Crippen molar-refractivity contribution in [1.82, 2.24) is 5.32 Å². The van der Waals surface area contributed by atoms with Crippen LogP contribution in [-0.2, 0) is 0 Å². The van der Waals surface area contributed by atoms with Gasteiger partial charge >= 0.3 is 0 Å². The maximum absolute atomic E-state index is 5.69. The van der Waals surface area contributed by atoms with Crippen molar-refractivity contribution in [1.29, 1.82) is 0 Å². The van der Waals surface area contributed by atoms with Crippen LogP contribution in [0.2, 0.25) is 0 Å². The number of allylic oxidation sites excluding steroid dienone is 3. The molecule has 0 bridgehead atoms. The number of likely N-dealkylation sites (N-methyl/N-ethyl adjacent to an activating group) is 1. The van der Waals surface area contributed by atoms with Crippen molar-refractivity contribution in [2.24, 2.45) is 0 Å². The number of nitrogens with one attached hydrogen (secondary N) is 1. The van der Waals surface area contributed by atoms with E-state index >= 15 is 0 Å². The summed E-state index contributed by atoms with van der Waals surface area (Å²) in [5.74, 6) is 0. The smallest absolute Gasteiger partial charge is 0.0375 e. The van der Waals surface area contributed by atoms with Crippen molar-refractivity contribution < 1.29 is 0 Å². The van der Waals surface area contributed by atoms with Crippen LogP contribution in [-0.4, -0.2) is 13.6 Å². The standard InChI is InChI=1S/C7H12ClN/c1-3-4-7(8)5-6-9-2/h3-5,9H,6H2,1-2H3/b4-3-,7-5+. The van der Waals surface area contributed by atoms with Gasteiger partial charge in [-0.25, -0.2) is 0 Å². The Labute approximate surface area is 61.4 Å². The first-order valence-electron chi connectivity index (χ1n) is 2.94. The molecule has 0 radical (unpaired) electrons. The predicted molar refractivity (Wildman–Crippen MR) is 42.7 cm³/mol. The van der Waals surface area contributed by atoms with Gasteiger partial charge in [0.2, 0.25) is 0 Å². The second kappa shape index (κ2) is 5.86. The predicted octanol–water partition coefficient (Wildman–Crippen LogP) is 1.90. The molecule has 2 heteroatoms. The number of halogens is 1. The van der Waals surface area contributed by atoms with Crippen molar-refractivity contribution in [2.45, 2.75) is 6.92 Å². The highest BCUT2D eigenvalue weighted by Crippen LogP contribution is 2.00. The minimum Gasteiger partial charge on any atom is -0.316 e. The van der Waals surface area contributed by atoms with E-state index in [0.29, 0.717) is 0 Å². The van der Waals surface area contributed by atoms with Crippen molar-refractivity contribution >= 4 is 11.6 Å². The molecule has 0 aromatic carbocycles. The molecule has 52 valence electrons. The Morgan fingerprint density at radius 3 is 2.78 bits per heavy atom. The highest BCUT2D eigenvalue weighted by molar-refractivity contribution is 6.31. The molecule has 1 nitrogen and oxygen atoms in total. The average molecular weight is 146 g/mol. The fourth-order valence-corrected chi connectivity index (χ4v) is 0.630. The molecular formula is C7H12ClN. The molecule has 0 atom stereocenters. The number of hydrogen-bond acceptors (Lipinski definition) is 1. The van der Waals surface area contributed by atoms with E-state index in [2.05, 4.69) is 5.32 Å². The van der Waals surface area contributed by atoms with Gasteiger partial charge in [0, 0.05) is 11.6 Å². The van der Waals surface area contributed by atoms with Gasteiger partial charge in [-0.05, 0) is 20.0 Å². The van der Waals surface area contributed by atoms with Crippen molar-refractivity contribution in [3.05, 3.63) is 23.3 Å². The fourth-order valence-electron chi connectivity index (χ4n) is 0.427. The van der Waals surface area contributed by atoms with Crippen LogP contribution in [0.1, 0.15) is 6.92 Å². The van der Waals surface area contributed by atoms with Crippen LogP contribution in [0.5, 0.6) is 0 Å². The zero-order valence-corrected chi connectivity index (χ0v) is 6.57. The topological polar surface area (TPSA) is 12.0 Å². The molecule has 0 aliphatic heterocycles. The zero-order chi connectivity index (χ0) is 7.11.